The van der Waals surface area contributed by atoms with Gasteiger partial charge in [-0.15, -0.1) is 0 Å². The van der Waals surface area contributed by atoms with E-state index in [0.717, 1.165) is 0 Å². The molecule has 1 unspecified atom stereocenters. The molecule has 0 aliphatic carbocycles. The zero-order chi connectivity index (χ0) is 8.15. The van der Waals surface area contributed by atoms with Crippen LogP contribution < -0.4 is 0 Å². The van der Waals surface area contributed by atoms with Gasteiger partial charge in [0.25, 0.3) is 6.17 Å². The lowest BCUT2D eigenvalue weighted by atomic mass is 10.3. The Labute approximate surface area is 60.1 Å². The number of hydrogen-bond donors (Lipinski definition) is 0. The molecule has 0 rings (SSSR count). The van der Waals surface area contributed by atoms with E-state index in [1.165, 1.54) is 0 Å². The van der Waals surface area contributed by atoms with Crippen LogP contribution in [-0.4, -0.2) is 24.6 Å². The molecule has 0 aromatic heterocycles. The molecular formula is C4H3ClF2O3. The van der Waals surface area contributed by atoms with Crippen molar-refractivity contribution in [1.82, 2.24) is 0 Å². The third-order valence-electron chi connectivity index (χ3n) is 0.697. The van der Waals surface area contributed by atoms with Gasteiger partial charge in [-0.25, -0.2) is 13.6 Å². The smallest absolute Gasteiger partial charge is 0.344 e. The molecule has 0 saturated heterocycles. The van der Waals surface area contributed by atoms with E-state index in [1.807, 2.05) is 0 Å². The highest BCUT2D eigenvalue weighted by molar-refractivity contribution is 6.16. The molecule has 1 atom stereocenters. The number of rotatable bonds is 3. The van der Waals surface area contributed by atoms with Crippen molar-refractivity contribution < 1.29 is 22.7 Å². The monoisotopic (exact) mass is 172 g/mol. The molecule has 0 spiro atoms. The molecule has 0 N–H and O–H groups in total. The number of Topliss-reactive ketones (excluding diaryl/α,β-unsaturated/α-hetero) is 1. The summed E-state index contributed by atoms with van der Waals surface area (Å²) in [5.41, 5.74) is 0. The molecule has 6 heteroatoms. The van der Waals surface area contributed by atoms with Crippen molar-refractivity contribution in [1.29, 1.82) is 0 Å². The maximum absolute atomic E-state index is 12.0. The highest BCUT2D eigenvalue weighted by Gasteiger charge is 2.27. The molecule has 0 heterocycles. The molecule has 58 valence electrons. The molecule has 0 fully saturated rings. The first-order valence-electron chi connectivity index (χ1n) is 2.18. The van der Waals surface area contributed by atoms with Crippen LogP contribution in [0.2, 0.25) is 0 Å². The van der Waals surface area contributed by atoms with Crippen molar-refractivity contribution in [3.8, 4) is 0 Å². The van der Waals surface area contributed by atoms with Gasteiger partial charge in [-0.3, -0.25) is 4.79 Å². The topological polar surface area (TPSA) is 43.4 Å². The SMILES string of the molecule is O=C(CF)C(F)C(=O)OCl. The lowest BCUT2D eigenvalue weighted by molar-refractivity contribution is -0.145. The molecule has 0 radical (unpaired) electrons. The van der Waals surface area contributed by atoms with Gasteiger partial charge in [0, 0.05) is 0 Å². The molecule has 3 nitrogen and oxygen atoms in total. The van der Waals surface area contributed by atoms with Crippen LogP contribution in [0.3, 0.4) is 0 Å². The van der Waals surface area contributed by atoms with E-state index in [-0.39, 0.29) is 0 Å². The molecule has 0 aliphatic heterocycles. The van der Waals surface area contributed by atoms with Crippen LogP contribution in [0, 0.1) is 0 Å². The molecule has 0 aromatic carbocycles. The Morgan fingerprint density at radius 1 is 1.60 bits per heavy atom. The van der Waals surface area contributed by atoms with Gasteiger partial charge < -0.3 is 4.29 Å². The standard InChI is InChI=1S/C4H3ClF2O3/c5-10-4(9)3(7)2(8)1-6/h3H,1H2. The quantitative estimate of drug-likeness (QED) is 0.585. The second-order valence-electron chi connectivity index (χ2n) is 1.36. The first-order valence-corrected chi connectivity index (χ1v) is 2.49. The van der Waals surface area contributed by atoms with Crippen LogP contribution >= 0.6 is 11.9 Å². The Balaban J connectivity index is 3.94. The molecular weight excluding hydrogens is 169 g/mol. The minimum atomic E-state index is -2.61. The van der Waals surface area contributed by atoms with E-state index in [4.69, 9.17) is 0 Å². The van der Waals surface area contributed by atoms with Gasteiger partial charge in [0.15, 0.2) is 6.67 Å². The largest absolute Gasteiger partial charge is 0.366 e. The van der Waals surface area contributed by atoms with Crippen LogP contribution in [0.25, 0.3) is 0 Å². The first-order chi connectivity index (χ1) is 4.63. The van der Waals surface area contributed by atoms with E-state index in [1.54, 1.807) is 0 Å². The van der Waals surface area contributed by atoms with Gasteiger partial charge in [0.05, 0.1) is 0 Å². The lowest BCUT2D eigenvalue weighted by Crippen LogP contribution is -2.26. The summed E-state index contributed by atoms with van der Waals surface area (Å²) >= 11 is 4.38. The van der Waals surface area contributed by atoms with Gasteiger partial charge in [-0.1, -0.05) is 0 Å². The lowest BCUT2D eigenvalue weighted by Gasteiger charge is -1.97. The fraction of sp³-hybridized carbons (Fsp3) is 0.500. The second-order valence-corrected chi connectivity index (χ2v) is 1.51. The van der Waals surface area contributed by atoms with Crippen molar-refractivity contribution in [2.24, 2.45) is 0 Å². The van der Waals surface area contributed by atoms with Gasteiger partial charge in [-0.2, -0.15) is 0 Å². The van der Waals surface area contributed by atoms with Crippen LogP contribution in [0.5, 0.6) is 0 Å². The molecule has 0 aliphatic rings. The van der Waals surface area contributed by atoms with Crippen molar-refractivity contribution in [3.05, 3.63) is 0 Å². The molecule has 0 aromatic rings. The Morgan fingerprint density at radius 3 is 2.40 bits per heavy atom. The molecule has 10 heavy (non-hydrogen) atoms. The molecule has 0 bridgehead atoms. The number of hydrogen-bond acceptors (Lipinski definition) is 3. The van der Waals surface area contributed by atoms with Gasteiger partial charge >= 0.3 is 5.97 Å². The molecule has 0 amide bonds. The second kappa shape index (κ2) is 4.16. The Hall–Kier alpha value is -0.710. The zero-order valence-corrected chi connectivity index (χ0v) is 5.40. The van der Waals surface area contributed by atoms with E-state index < -0.39 is 24.6 Å². The summed E-state index contributed by atoms with van der Waals surface area (Å²) in [6.45, 7) is -1.55. The van der Waals surface area contributed by atoms with E-state index in [0.29, 0.717) is 0 Å². The highest BCUT2D eigenvalue weighted by Crippen LogP contribution is 1.98. The maximum atomic E-state index is 12.0. The summed E-state index contributed by atoms with van der Waals surface area (Å²) in [6, 6.07) is 0. The van der Waals surface area contributed by atoms with Crippen molar-refractivity contribution in [2.75, 3.05) is 6.67 Å². The number of carbonyl (C=O) groups excluding carboxylic acids is 2. The summed E-state index contributed by atoms with van der Waals surface area (Å²) in [6.07, 6.45) is -2.61. The predicted octanol–water partition coefficient (Wildman–Crippen LogP) is 0.560. The summed E-state index contributed by atoms with van der Waals surface area (Å²) in [5.74, 6) is -3.09. The van der Waals surface area contributed by atoms with Crippen molar-refractivity contribution >= 4 is 23.6 Å². The van der Waals surface area contributed by atoms with E-state index in [2.05, 4.69) is 16.2 Å². The third-order valence-corrected chi connectivity index (χ3v) is 0.849. The number of halogens is 3. The van der Waals surface area contributed by atoms with Crippen LogP contribution in [0.4, 0.5) is 8.78 Å². The fourth-order valence-electron chi connectivity index (χ4n) is 0.238. The minimum Gasteiger partial charge on any atom is -0.344 e. The highest BCUT2D eigenvalue weighted by atomic mass is 35.5. The Kier molecular flexibility index (Phi) is 3.87. The van der Waals surface area contributed by atoms with Crippen LogP contribution in [-0.2, 0) is 13.9 Å². The van der Waals surface area contributed by atoms with Gasteiger partial charge in [-0.05, 0) is 0 Å². The van der Waals surface area contributed by atoms with E-state index >= 15 is 0 Å². The van der Waals surface area contributed by atoms with Crippen LogP contribution in [0.1, 0.15) is 0 Å². The van der Waals surface area contributed by atoms with Crippen LogP contribution in [0.15, 0.2) is 0 Å². The Morgan fingerprint density at radius 2 is 2.10 bits per heavy atom. The van der Waals surface area contributed by atoms with E-state index in [9.17, 15) is 18.4 Å². The predicted molar refractivity (Wildman–Crippen MR) is 27.8 cm³/mol. The Bertz CT molecular complexity index is 133. The average molecular weight is 173 g/mol. The normalized spacial score (nSPS) is 12.3. The van der Waals surface area contributed by atoms with Crippen molar-refractivity contribution in [2.45, 2.75) is 6.17 Å². The summed E-state index contributed by atoms with van der Waals surface area (Å²) in [4.78, 5) is 20.0. The number of ketones is 1. The summed E-state index contributed by atoms with van der Waals surface area (Å²) in [5, 5.41) is 0. The maximum Gasteiger partial charge on any atom is 0.366 e. The van der Waals surface area contributed by atoms with Gasteiger partial charge in [0.1, 0.15) is 11.9 Å². The average Bonchev–Trinajstić information content (AvgIpc) is 2.00. The number of alkyl halides is 2. The first kappa shape index (κ1) is 9.29. The summed E-state index contributed by atoms with van der Waals surface area (Å²) in [7, 11) is 0. The minimum absolute atomic E-state index is 1.49. The van der Waals surface area contributed by atoms with Crippen molar-refractivity contribution in [3.63, 3.8) is 0 Å². The summed E-state index contributed by atoms with van der Waals surface area (Å²) < 4.78 is 26.6. The number of carbonyl (C=O) groups is 2. The molecule has 0 saturated carbocycles. The zero-order valence-electron chi connectivity index (χ0n) is 4.64. The fourth-order valence-corrected chi connectivity index (χ4v) is 0.317. The van der Waals surface area contributed by atoms with Gasteiger partial charge in [0.2, 0.25) is 5.78 Å². The third kappa shape index (κ3) is 2.26.